The molecule has 0 spiro atoms. The van der Waals surface area contributed by atoms with E-state index in [1.807, 2.05) is 0 Å². The molecule has 3 heteroatoms. The van der Waals surface area contributed by atoms with Crippen LogP contribution in [0, 0.1) is 11.3 Å². The molecule has 0 radical (unpaired) electrons. The van der Waals surface area contributed by atoms with Crippen LogP contribution in [0.1, 0.15) is 39.0 Å². The van der Waals surface area contributed by atoms with Crippen molar-refractivity contribution in [1.82, 2.24) is 10.2 Å². The maximum atomic E-state index is 5.13. The van der Waals surface area contributed by atoms with E-state index in [9.17, 15) is 0 Å². The number of hydrogen-bond donors (Lipinski definition) is 1. The fraction of sp³-hybridized carbons (Fsp3) is 1.00. The molecule has 1 N–H and O–H groups in total. The fourth-order valence-electron chi connectivity index (χ4n) is 3.63. The molecule has 0 aromatic rings. The molecule has 18 heavy (non-hydrogen) atoms. The van der Waals surface area contributed by atoms with Gasteiger partial charge in [-0.2, -0.15) is 0 Å². The first-order valence-corrected chi connectivity index (χ1v) is 7.44. The molecule has 0 saturated heterocycles. The topological polar surface area (TPSA) is 24.5 Å². The van der Waals surface area contributed by atoms with Crippen molar-refractivity contribution in [2.45, 2.75) is 39.0 Å². The summed E-state index contributed by atoms with van der Waals surface area (Å²) < 4.78 is 5.13. The molecule has 1 fully saturated rings. The predicted molar refractivity (Wildman–Crippen MR) is 78.0 cm³/mol. The van der Waals surface area contributed by atoms with Crippen LogP contribution in [0.15, 0.2) is 0 Å². The van der Waals surface area contributed by atoms with Crippen LogP contribution in [0.25, 0.3) is 0 Å². The highest BCUT2D eigenvalue weighted by atomic mass is 16.5. The molecule has 108 valence electrons. The molecule has 1 rings (SSSR count). The largest absolute Gasteiger partial charge is 0.385 e. The molecule has 0 amide bonds. The quantitative estimate of drug-likeness (QED) is 0.675. The maximum absolute atomic E-state index is 5.13. The summed E-state index contributed by atoms with van der Waals surface area (Å²) in [7, 11) is 6.13. The Hall–Kier alpha value is -0.120. The van der Waals surface area contributed by atoms with Crippen molar-refractivity contribution >= 4 is 0 Å². The molecule has 1 aliphatic rings. The van der Waals surface area contributed by atoms with Crippen LogP contribution >= 0.6 is 0 Å². The van der Waals surface area contributed by atoms with E-state index >= 15 is 0 Å². The first kappa shape index (κ1) is 15.9. The fourth-order valence-corrected chi connectivity index (χ4v) is 3.63. The summed E-state index contributed by atoms with van der Waals surface area (Å²) in [6.45, 7) is 6.82. The third-order valence-corrected chi connectivity index (χ3v) is 4.23. The van der Waals surface area contributed by atoms with Crippen molar-refractivity contribution in [2.75, 3.05) is 47.4 Å². The Morgan fingerprint density at radius 1 is 1.44 bits per heavy atom. The van der Waals surface area contributed by atoms with Gasteiger partial charge in [0.25, 0.3) is 0 Å². The third kappa shape index (κ3) is 5.25. The molecular formula is C15H32N2O. The van der Waals surface area contributed by atoms with Crippen molar-refractivity contribution in [3.8, 4) is 0 Å². The Morgan fingerprint density at radius 3 is 2.83 bits per heavy atom. The van der Waals surface area contributed by atoms with Gasteiger partial charge in [0.2, 0.25) is 0 Å². The molecule has 3 nitrogen and oxygen atoms in total. The van der Waals surface area contributed by atoms with Crippen LogP contribution in [0.4, 0.5) is 0 Å². The first-order chi connectivity index (χ1) is 8.62. The van der Waals surface area contributed by atoms with Crippen LogP contribution in [0.3, 0.4) is 0 Å². The third-order valence-electron chi connectivity index (χ3n) is 4.23. The van der Waals surface area contributed by atoms with Crippen LogP contribution in [0.5, 0.6) is 0 Å². The van der Waals surface area contributed by atoms with Crippen LogP contribution in [-0.4, -0.2) is 52.3 Å². The number of rotatable bonds is 8. The summed E-state index contributed by atoms with van der Waals surface area (Å²) in [6, 6.07) is 0. The highest BCUT2D eigenvalue weighted by Gasteiger charge is 2.35. The highest BCUT2D eigenvalue weighted by Crippen LogP contribution is 2.39. The smallest absolute Gasteiger partial charge is 0.0474 e. The van der Waals surface area contributed by atoms with Gasteiger partial charge in [0.1, 0.15) is 0 Å². The SMILES string of the molecule is CNCC1(CN(C)CCCOC)CCCC(C)C1. The summed E-state index contributed by atoms with van der Waals surface area (Å²) in [5.74, 6) is 0.888. The molecular weight excluding hydrogens is 224 g/mol. The lowest BCUT2D eigenvalue weighted by Crippen LogP contribution is -2.45. The van der Waals surface area contributed by atoms with Gasteiger partial charge in [0.15, 0.2) is 0 Å². The molecule has 0 aliphatic heterocycles. The molecule has 1 aliphatic carbocycles. The minimum absolute atomic E-state index is 0.494. The zero-order chi connectivity index (χ0) is 13.4. The van der Waals surface area contributed by atoms with Crippen molar-refractivity contribution in [2.24, 2.45) is 11.3 Å². The summed E-state index contributed by atoms with van der Waals surface area (Å²) in [6.07, 6.45) is 6.71. The lowest BCUT2D eigenvalue weighted by atomic mass is 9.69. The number of hydrogen-bond acceptors (Lipinski definition) is 3. The molecule has 0 heterocycles. The van der Waals surface area contributed by atoms with Crippen molar-refractivity contribution in [3.63, 3.8) is 0 Å². The van der Waals surface area contributed by atoms with Gasteiger partial charge in [-0.05, 0) is 44.7 Å². The second kappa shape index (κ2) is 8.13. The second-order valence-electron chi connectivity index (χ2n) is 6.32. The van der Waals surface area contributed by atoms with E-state index in [1.165, 1.54) is 32.2 Å². The Balaban J connectivity index is 2.45. The second-order valence-corrected chi connectivity index (χ2v) is 6.32. The zero-order valence-electron chi connectivity index (χ0n) is 12.8. The average Bonchev–Trinajstić information content (AvgIpc) is 2.29. The van der Waals surface area contributed by atoms with Crippen molar-refractivity contribution < 1.29 is 4.74 Å². The molecule has 0 bridgehead atoms. The van der Waals surface area contributed by atoms with Crippen molar-refractivity contribution in [1.29, 1.82) is 0 Å². The van der Waals surface area contributed by atoms with Crippen LogP contribution < -0.4 is 5.32 Å². The van der Waals surface area contributed by atoms with Crippen molar-refractivity contribution in [3.05, 3.63) is 0 Å². The lowest BCUT2D eigenvalue weighted by Gasteiger charge is -2.42. The zero-order valence-corrected chi connectivity index (χ0v) is 12.8. The van der Waals surface area contributed by atoms with E-state index < -0.39 is 0 Å². The van der Waals surface area contributed by atoms with Gasteiger partial charge in [0, 0.05) is 33.4 Å². The number of nitrogens with zero attached hydrogens (tertiary/aromatic N) is 1. The minimum Gasteiger partial charge on any atom is -0.385 e. The molecule has 0 aromatic heterocycles. The summed E-state index contributed by atoms with van der Waals surface area (Å²) in [5.41, 5.74) is 0.494. The standard InChI is InChI=1S/C15H32N2O/c1-14-7-5-8-15(11-14,12-16-2)13-17(3)9-6-10-18-4/h14,16H,5-13H2,1-4H3. The Kier molecular flexibility index (Phi) is 7.20. The number of nitrogens with one attached hydrogen (secondary N) is 1. The Morgan fingerprint density at radius 2 is 2.22 bits per heavy atom. The summed E-state index contributed by atoms with van der Waals surface area (Å²) >= 11 is 0. The Labute approximate surface area is 113 Å². The summed E-state index contributed by atoms with van der Waals surface area (Å²) in [5, 5.41) is 3.42. The van der Waals surface area contributed by atoms with Crippen LogP contribution in [-0.2, 0) is 4.74 Å². The number of ether oxygens (including phenoxy) is 1. The van der Waals surface area contributed by atoms with E-state index in [2.05, 4.69) is 31.2 Å². The van der Waals surface area contributed by atoms with Gasteiger partial charge in [-0.3, -0.25) is 0 Å². The molecule has 2 atom stereocenters. The maximum Gasteiger partial charge on any atom is 0.0474 e. The lowest BCUT2D eigenvalue weighted by molar-refractivity contribution is 0.0882. The minimum atomic E-state index is 0.494. The van der Waals surface area contributed by atoms with E-state index in [1.54, 1.807) is 7.11 Å². The predicted octanol–water partition coefficient (Wildman–Crippen LogP) is 2.37. The number of methoxy groups -OCH3 is 1. The molecule has 2 unspecified atom stereocenters. The average molecular weight is 256 g/mol. The van der Waals surface area contributed by atoms with E-state index in [-0.39, 0.29) is 0 Å². The van der Waals surface area contributed by atoms with E-state index in [0.29, 0.717) is 5.41 Å². The van der Waals surface area contributed by atoms with Gasteiger partial charge in [-0.25, -0.2) is 0 Å². The van der Waals surface area contributed by atoms with E-state index in [4.69, 9.17) is 4.74 Å². The van der Waals surface area contributed by atoms with Gasteiger partial charge >= 0.3 is 0 Å². The van der Waals surface area contributed by atoms with Gasteiger partial charge in [0.05, 0.1) is 0 Å². The normalized spacial score (nSPS) is 28.8. The molecule has 0 aromatic carbocycles. The van der Waals surface area contributed by atoms with Gasteiger partial charge in [-0.15, -0.1) is 0 Å². The van der Waals surface area contributed by atoms with E-state index in [0.717, 1.165) is 32.0 Å². The monoisotopic (exact) mass is 256 g/mol. The summed E-state index contributed by atoms with van der Waals surface area (Å²) in [4.78, 5) is 2.49. The van der Waals surface area contributed by atoms with Gasteiger partial charge in [-0.1, -0.05) is 19.8 Å². The molecule has 1 saturated carbocycles. The highest BCUT2D eigenvalue weighted by molar-refractivity contribution is 4.89. The van der Waals surface area contributed by atoms with Crippen LogP contribution in [0.2, 0.25) is 0 Å². The Bertz CT molecular complexity index is 219. The first-order valence-electron chi connectivity index (χ1n) is 7.44. The van der Waals surface area contributed by atoms with Gasteiger partial charge < -0.3 is 15.0 Å².